The van der Waals surface area contributed by atoms with Crippen LogP contribution in [0, 0.1) is 6.92 Å². The number of carbonyl (C=O) groups is 1. The summed E-state index contributed by atoms with van der Waals surface area (Å²) in [5, 5.41) is 6.03. The average Bonchev–Trinajstić information content (AvgIpc) is 2.96. The van der Waals surface area contributed by atoms with Crippen LogP contribution in [0.3, 0.4) is 0 Å². The van der Waals surface area contributed by atoms with Crippen molar-refractivity contribution in [2.45, 2.75) is 13.3 Å². The van der Waals surface area contributed by atoms with Crippen LogP contribution < -0.4 is 14.8 Å². The average molecular weight is 353 g/mol. The Morgan fingerprint density at radius 3 is 2.79 bits per heavy atom. The monoisotopic (exact) mass is 353 g/mol. The Bertz CT molecular complexity index is 801. The van der Waals surface area contributed by atoms with Gasteiger partial charge < -0.3 is 14.6 Å². The molecule has 0 spiro atoms. The maximum absolute atomic E-state index is 12.0. The number of ether oxygens (including phenoxy) is 1. The molecule has 0 aliphatic heterocycles. The highest BCUT2D eigenvalue weighted by molar-refractivity contribution is 7.89. The number of aryl methyl sites for hydroxylation is 2. The van der Waals surface area contributed by atoms with Crippen molar-refractivity contribution in [3.63, 3.8) is 0 Å². The third-order valence-corrected chi connectivity index (χ3v) is 4.47. The second-order valence-electron chi connectivity index (χ2n) is 5.11. The summed E-state index contributed by atoms with van der Waals surface area (Å²) in [5.74, 6) is 0.807. The Balaban J connectivity index is 1.81. The van der Waals surface area contributed by atoms with Gasteiger partial charge in [-0.1, -0.05) is 17.3 Å². The van der Waals surface area contributed by atoms with Gasteiger partial charge >= 0.3 is 0 Å². The second-order valence-corrected chi connectivity index (χ2v) is 7.04. The van der Waals surface area contributed by atoms with Gasteiger partial charge in [-0.3, -0.25) is 4.79 Å². The van der Waals surface area contributed by atoms with Crippen molar-refractivity contribution in [1.29, 1.82) is 0 Å². The van der Waals surface area contributed by atoms with E-state index in [1.807, 2.05) is 6.07 Å². The summed E-state index contributed by atoms with van der Waals surface area (Å²) < 4.78 is 36.1. The molecule has 1 heterocycles. The molecule has 8 nitrogen and oxygen atoms in total. The van der Waals surface area contributed by atoms with E-state index in [9.17, 15) is 13.2 Å². The van der Waals surface area contributed by atoms with Crippen molar-refractivity contribution in [3.05, 3.63) is 41.7 Å². The number of carbonyl (C=O) groups excluding carboxylic acids is 1. The van der Waals surface area contributed by atoms with Crippen molar-refractivity contribution in [2.24, 2.45) is 0 Å². The number of nitrogens with zero attached hydrogens (tertiary/aromatic N) is 1. The number of rotatable bonds is 8. The first-order valence-corrected chi connectivity index (χ1v) is 8.86. The Morgan fingerprint density at radius 2 is 2.12 bits per heavy atom. The maximum atomic E-state index is 12.0. The van der Waals surface area contributed by atoms with Gasteiger partial charge in [0, 0.05) is 6.07 Å². The van der Waals surface area contributed by atoms with Gasteiger partial charge in [0.1, 0.15) is 11.5 Å². The largest absolute Gasteiger partial charge is 0.497 e. The van der Waals surface area contributed by atoms with Crippen molar-refractivity contribution < 1.29 is 22.5 Å². The van der Waals surface area contributed by atoms with Crippen LogP contribution >= 0.6 is 0 Å². The molecule has 1 amide bonds. The van der Waals surface area contributed by atoms with Crippen LogP contribution in [0.15, 0.2) is 34.9 Å². The molecule has 0 saturated heterocycles. The number of aromatic nitrogens is 1. The quantitative estimate of drug-likeness (QED) is 0.735. The van der Waals surface area contributed by atoms with E-state index < -0.39 is 15.9 Å². The van der Waals surface area contributed by atoms with Crippen LogP contribution in [0.4, 0.5) is 5.82 Å². The van der Waals surface area contributed by atoms with E-state index in [2.05, 4.69) is 15.2 Å². The minimum Gasteiger partial charge on any atom is -0.497 e. The lowest BCUT2D eigenvalue weighted by Crippen LogP contribution is -2.34. The summed E-state index contributed by atoms with van der Waals surface area (Å²) in [6.07, 6.45) is 0.316. The van der Waals surface area contributed by atoms with Gasteiger partial charge in [0.05, 0.1) is 19.4 Å². The van der Waals surface area contributed by atoms with Crippen LogP contribution in [0.5, 0.6) is 5.75 Å². The maximum Gasteiger partial charge on any atom is 0.240 e. The van der Waals surface area contributed by atoms with E-state index >= 15 is 0 Å². The molecular formula is C15H19N3O5S. The summed E-state index contributed by atoms with van der Waals surface area (Å²) in [7, 11) is -2.03. The van der Waals surface area contributed by atoms with Crippen LogP contribution in [-0.2, 0) is 21.2 Å². The Kier molecular flexibility index (Phi) is 5.93. The molecule has 130 valence electrons. The third-order valence-electron chi connectivity index (χ3n) is 3.14. The van der Waals surface area contributed by atoms with Gasteiger partial charge in [-0.05, 0) is 31.0 Å². The first-order chi connectivity index (χ1) is 11.4. The normalized spacial score (nSPS) is 11.2. The van der Waals surface area contributed by atoms with Crippen LogP contribution in [0.2, 0.25) is 0 Å². The van der Waals surface area contributed by atoms with Crippen LogP contribution in [-0.4, -0.2) is 38.9 Å². The summed E-state index contributed by atoms with van der Waals surface area (Å²) >= 11 is 0. The molecule has 9 heteroatoms. The van der Waals surface area contributed by atoms with Gasteiger partial charge in [0.25, 0.3) is 0 Å². The van der Waals surface area contributed by atoms with Gasteiger partial charge in [0.15, 0.2) is 5.82 Å². The van der Waals surface area contributed by atoms with Crippen LogP contribution in [0.1, 0.15) is 11.3 Å². The van der Waals surface area contributed by atoms with Gasteiger partial charge in [-0.2, -0.15) is 0 Å². The SMILES string of the molecule is COc1cccc(CCS(=O)(=O)NCC(=O)Nc2cc(C)on2)c1. The molecular weight excluding hydrogens is 334 g/mol. The van der Waals surface area contributed by atoms with E-state index in [4.69, 9.17) is 9.26 Å². The standard InChI is InChI=1S/C15H19N3O5S/c1-11-8-14(18-23-11)17-15(19)10-16-24(20,21)7-6-12-4-3-5-13(9-12)22-2/h3-5,8-9,16H,6-7,10H2,1-2H3,(H,17,18,19). The van der Waals surface area contributed by atoms with Crippen molar-refractivity contribution in [1.82, 2.24) is 9.88 Å². The fraction of sp³-hybridized carbons (Fsp3) is 0.333. The van der Waals surface area contributed by atoms with E-state index in [1.54, 1.807) is 32.2 Å². The molecule has 2 aromatic rings. The fourth-order valence-electron chi connectivity index (χ4n) is 1.94. The topological polar surface area (TPSA) is 111 Å². The van der Waals surface area contributed by atoms with Crippen molar-refractivity contribution in [2.75, 3.05) is 24.7 Å². The molecule has 0 fully saturated rings. The van der Waals surface area contributed by atoms with E-state index in [0.29, 0.717) is 17.9 Å². The minimum atomic E-state index is -3.58. The van der Waals surface area contributed by atoms with Gasteiger partial charge in [-0.25, -0.2) is 13.1 Å². The fourth-order valence-corrected chi connectivity index (χ4v) is 2.94. The molecule has 1 aromatic carbocycles. The molecule has 0 bridgehead atoms. The Morgan fingerprint density at radius 1 is 1.33 bits per heavy atom. The summed E-state index contributed by atoms with van der Waals surface area (Å²) in [6, 6.07) is 8.70. The number of anilines is 1. The second kappa shape index (κ2) is 7.93. The molecule has 0 saturated carbocycles. The van der Waals surface area contributed by atoms with E-state index in [1.165, 1.54) is 6.07 Å². The van der Waals surface area contributed by atoms with Gasteiger partial charge in [0.2, 0.25) is 15.9 Å². The van der Waals surface area contributed by atoms with Crippen LogP contribution in [0.25, 0.3) is 0 Å². The molecule has 24 heavy (non-hydrogen) atoms. The summed E-state index contributed by atoms with van der Waals surface area (Å²) in [4.78, 5) is 11.7. The lowest BCUT2D eigenvalue weighted by molar-refractivity contribution is -0.115. The zero-order valence-electron chi connectivity index (χ0n) is 13.4. The first kappa shape index (κ1) is 18.0. The number of benzene rings is 1. The molecule has 0 radical (unpaired) electrons. The number of methoxy groups -OCH3 is 1. The molecule has 2 N–H and O–H groups in total. The third kappa shape index (κ3) is 5.67. The van der Waals surface area contributed by atoms with Crippen molar-refractivity contribution in [3.8, 4) is 5.75 Å². The lowest BCUT2D eigenvalue weighted by Gasteiger charge is -2.07. The number of amides is 1. The predicted octanol–water partition coefficient (Wildman–Crippen LogP) is 1.09. The number of sulfonamides is 1. The zero-order chi connectivity index (χ0) is 17.6. The molecule has 1 aromatic heterocycles. The number of hydrogen-bond acceptors (Lipinski definition) is 6. The molecule has 0 aliphatic carbocycles. The zero-order valence-corrected chi connectivity index (χ0v) is 14.2. The number of nitrogens with one attached hydrogen (secondary N) is 2. The molecule has 0 aliphatic rings. The smallest absolute Gasteiger partial charge is 0.240 e. The summed E-state index contributed by atoms with van der Waals surface area (Å²) in [6.45, 7) is 1.32. The Hall–Kier alpha value is -2.39. The van der Waals surface area contributed by atoms with E-state index in [-0.39, 0.29) is 18.1 Å². The van der Waals surface area contributed by atoms with Crippen molar-refractivity contribution >= 4 is 21.7 Å². The molecule has 0 unspecified atom stereocenters. The number of hydrogen-bond donors (Lipinski definition) is 2. The molecule has 2 rings (SSSR count). The molecule has 0 atom stereocenters. The minimum absolute atomic E-state index is 0.128. The summed E-state index contributed by atoms with van der Waals surface area (Å²) in [5.41, 5.74) is 0.835. The Labute approximate surface area is 140 Å². The highest BCUT2D eigenvalue weighted by Crippen LogP contribution is 2.13. The first-order valence-electron chi connectivity index (χ1n) is 7.21. The van der Waals surface area contributed by atoms with E-state index in [0.717, 1.165) is 5.56 Å². The highest BCUT2D eigenvalue weighted by atomic mass is 32.2. The predicted molar refractivity (Wildman–Crippen MR) is 88.4 cm³/mol. The van der Waals surface area contributed by atoms with Gasteiger partial charge in [-0.15, -0.1) is 0 Å². The highest BCUT2D eigenvalue weighted by Gasteiger charge is 2.14. The lowest BCUT2D eigenvalue weighted by atomic mass is 10.2.